The molecule has 0 radical (unpaired) electrons. The van der Waals surface area contributed by atoms with Crippen LogP contribution in [0.1, 0.15) is 6.92 Å². The highest BCUT2D eigenvalue weighted by Gasteiger charge is 2.02. The Kier molecular flexibility index (Phi) is 4.70. The van der Waals surface area contributed by atoms with Crippen molar-refractivity contribution in [3.8, 4) is 6.19 Å². The largest absolute Gasteiger partial charge is 0.463 e. The molecule has 0 unspecified atom stereocenters. The molecule has 0 bridgehead atoms. The Morgan fingerprint density at radius 2 is 2.18 bits per heavy atom. The number of nitrogens with zero attached hydrogens (tertiary/aromatic N) is 2. The summed E-state index contributed by atoms with van der Waals surface area (Å²) >= 11 is 0. The third-order valence-corrected chi connectivity index (χ3v) is 1.86. The number of anilines is 1. The van der Waals surface area contributed by atoms with Gasteiger partial charge in [-0.3, -0.25) is 4.90 Å². The lowest BCUT2D eigenvalue weighted by Gasteiger charge is -2.09. The predicted octanol–water partition coefficient (Wildman–Crippen LogP) is 2.19. The second-order valence-electron chi connectivity index (χ2n) is 3.01. The van der Waals surface area contributed by atoms with Gasteiger partial charge < -0.3 is 4.74 Å². The molecule has 0 aliphatic rings. The van der Waals surface area contributed by atoms with Gasteiger partial charge in [0.25, 0.3) is 0 Å². The minimum Gasteiger partial charge on any atom is -0.463 e. The fourth-order valence-corrected chi connectivity index (χ4v) is 1.10. The maximum absolute atomic E-state index is 12.7. The highest BCUT2D eigenvalue weighted by Crippen LogP contribution is 2.14. The van der Waals surface area contributed by atoms with Crippen molar-refractivity contribution in [2.45, 2.75) is 6.92 Å². The van der Waals surface area contributed by atoms with Crippen molar-refractivity contribution < 1.29 is 13.9 Å². The summed E-state index contributed by atoms with van der Waals surface area (Å²) in [5.74, 6) is -0.920. The van der Waals surface area contributed by atoms with E-state index in [4.69, 9.17) is 5.26 Å². The summed E-state index contributed by atoms with van der Waals surface area (Å²) < 4.78 is 17.3. The summed E-state index contributed by atoms with van der Waals surface area (Å²) in [4.78, 5) is 12.2. The quantitative estimate of drug-likeness (QED) is 0.347. The predicted molar refractivity (Wildman–Crippen MR) is 60.3 cm³/mol. The van der Waals surface area contributed by atoms with E-state index in [0.717, 1.165) is 11.0 Å². The first-order valence-corrected chi connectivity index (χ1v) is 4.97. The number of carbonyl (C=O) groups is 1. The van der Waals surface area contributed by atoms with Crippen molar-refractivity contribution in [2.24, 2.45) is 0 Å². The summed E-state index contributed by atoms with van der Waals surface area (Å²) in [6, 6.07) is 5.35. The Morgan fingerprint density at radius 1 is 1.53 bits per heavy atom. The third-order valence-electron chi connectivity index (χ3n) is 1.86. The summed E-state index contributed by atoms with van der Waals surface area (Å²) in [5, 5.41) is 8.87. The molecule has 1 aromatic carbocycles. The van der Waals surface area contributed by atoms with Gasteiger partial charge in [0.2, 0.25) is 0 Å². The van der Waals surface area contributed by atoms with E-state index >= 15 is 0 Å². The van der Waals surface area contributed by atoms with Crippen LogP contribution in [0.2, 0.25) is 0 Å². The van der Waals surface area contributed by atoms with Crippen LogP contribution in [0.15, 0.2) is 36.5 Å². The summed E-state index contributed by atoms with van der Waals surface area (Å²) in [7, 11) is 0. The van der Waals surface area contributed by atoms with Crippen LogP contribution in [0.3, 0.4) is 0 Å². The van der Waals surface area contributed by atoms with Crippen LogP contribution in [-0.4, -0.2) is 12.6 Å². The number of carbonyl (C=O) groups excluding carboxylic acids is 1. The molecular weight excluding hydrogens is 223 g/mol. The summed E-state index contributed by atoms with van der Waals surface area (Å²) in [6.45, 7) is 1.96. The van der Waals surface area contributed by atoms with Gasteiger partial charge in [0.1, 0.15) is 5.82 Å². The summed E-state index contributed by atoms with van der Waals surface area (Å²) in [5.41, 5.74) is 0.467. The molecule has 0 atom stereocenters. The normalized spacial score (nSPS) is 9.94. The molecule has 4 nitrogen and oxygen atoms in total. The molecule has 0 aliphatic heterocycles. The topological polar surface area (TPSA) is 53.3 Å². The van der Waals surface area contributed by atoms with E-state index in [1.54, 1.807) is 6.92 Å². The number of benzene rings is 1. The van der Waals surface area contributed by atoms with Crippen LogP contribution < -0.4 is 4.90 Å². The van der Waals surface area contributed by atoms with Gasteiger partial charge in [-0.15, -0.1) is 0 Å². The fraction of sp³-hybridized carbons (Fsp3) is 0.167. The zero-order chi connectivity index (χ0) is 12.7. The first-order chi connectivity index (χ1) is 8.17. The molecule has 0 amide bonds. The van der Waals surface area contributed by atoms with Crippen LogP contribution in [0, 0.1) is 17.3 Å². The molecule has 0 fully saturated rings. The minimum absolute atomic E-state index is 0.270. The van der Waals surface area contributed by atoms with Gasteiger partial charge in [0.15, 0.2) is 6.19 Å². The Hall–Kier alpha value is -2.35. The third kappa shape index (κ3) is 3.95. The second kappa shape index (κ2) is 6.28. The maximum Gasteiger partial charge on any atom is 0.332 e. The van der Waals surface area contributed by atoms with Crippen LogP contribution >= 0.6 is 0 Å². The van der Waals surface area contributed by atoms with Gasteiger partial charge in [-0.1, -0.05) is 0 Å². The van der Waals surface area contributed by atoms with E-state index in [2.05, 4.69) is 4.74 Å². The van der Waals surface area contributed by atoms with Gasteiger partial charge in [0, 0.05) is 12.3 Å². The Balaban J connectivity index is 2.76. The van der Waals surface area contributed by atoms with Gasteiger partial charge >= 0.3 is 5.97 Å². The van der Waals surface area contributed by atoms with Crippen molar-refractivity contribution in [2.75, 3.05) is 11.5 Å². The fourth-order valence-electron chi connectivity index (χ4n) is 1.10. The monoisotopic (exact) mass is 234 g/mol. The van der Waals surface area contributed by atoms with E-state index in [0.29, 0.717) is 5.69 Å². The van der Waals surface area contributed by atoms with Crippen LogP contribution in [0.4, 0.5) is 10.1 Å². The van der Waals surface area contributed by atoms with Gasteiger partial charge in [-0.05, 0) is 31.2 Å². The van der Waals surface area contributed by atoms with Crippen molar-refractivity contribution in [3.63, 3.8) is 0 Å². The van der Waals surface area contributed by atoms with Crippen LogP contribution in [0.25, 0.3) is 0 Å². The standard InChI is InChI=1S/C12H11FN2O2/c1-2-17-12(16)7-8-15(9-14)11-5-3-10(13)4-6-11/h3-8H,2H2,1H3/b8-7-. The number of esters is 1. The lowest BCUT2D eigenvalue weighted by molar-refractivity contribution is -0.137. The summed E-state index contributed by atoms with van der Waals surface area (Å²) in [6.07, 6.45) is 4.26. The Bertz CT molecular complexity index is 449. The first kappa shape index (κ1) is 12.7. The second-order valence-corrected chi connectivity index (χ2v) is 3.01. The molecule has 0 saturated carbocycles. The molecule has 17 heavy (non-hydrogen) atoms. The first-order valence-electron chi connectivity index (χ1n) is 4.97. The molecule has 0 spiro atoms. The molecule has 88 valence electrons. The molecule has 0 heterocycles. The van der Waals surface area contributed by atoms with Crippen molar-refractivity contribution in [1.82, 2.24) is 0 Å². The highest BCUT2D eigenvalue weighted by atomic mass is 19.1. The van der Waals surface area contributed by atoms with E-state index in [9.17, 15) is 9.18 Å². The average Bonchev–Trinajstić information content (AvgIpc) is 2.32. The molecule has 0 aromatic heterocycles. The van der Waals surface area contributed by atoms with E-state index in [1.165, 1.54) is 30.5 Å². The zero-order valence-electron chi connectivity index (χ0n) is 9.26. The van der Waals surface area contributed by atoms with Crippen LogP contribution in [0.5, 0.6) is 0 Å². The van der Waals surface area contributed by atoms with Gasteiger partial charge in [0.05, 0.1) is 12.3 Å². The Morgan fingerprint density at radius 3 is 2.71 bits per heavy atom. The van der Waals surface area contributed by atoms with Crippen molar-refractivity contribution >= 4 is 11.7 Å². The lowest BCUT2D eigenvalue weighted by atomic mass is 10.3. The SMILES string of the molecule is CCOC(=O)/C=C\N(C#N)c1ccc(F)cc1. The van der Waals surface area contributed by atoms with Crippen molar-refractivity contribution in [1.29, 1.82) is 5.26 Å². The van der Waals surface area contributed by atoms with E-state index in [-0.39, 0.29) is 12.4 Å². The number of hydrogen-bond donors (Lipinski definition) is 0. The number of halogens is 1. The molecular formula is C12H11FN2O2. The van der Waals surface area contributed by atoms with Gasteiger partial charge in [-0.2, -0.15) is 5.26 Å². The van der Waals surface area contributed by atoms with Gasteiger partial charge in [-0.25, -0.2) is 9.18 Å². The lowest BCUT2D eigenvalue weighted by Crippen LogP contribution is -2.09. The Labute approximate surface area is 98.5 Å². The molecule has 5 heteroatoms. The molecule has 0 aliphatic carbocycles. The van der Waals surface area contributed by atoms with Crippen LogP contribution in [-0.2, 0) is 9.53 Å². The molecule has 1 aromatic rings. The average molecular weight is 234 g/mol. The number of nitriles is 1. The number of hydrogen-bond acceptors (Lipinski definition) is 4. The van der Waals surface area contributed by atoms with E-state index < -0.39 is 5.97 Å². The number of rotatable bonds is 4. The van der Waals surface area contributed by atoms with Crippen molar-refractivity contribution in [3.05, 3.63) is 42.4 Å². The molecule has 1 rings (SSSR count). The highest BCUT2D eigenvalue weighted by molar-refractivity contribution is 5.82. The minimum atomic E-state index is -0.533. The molecule has 0 saturated heterocycles. The molecule has 0 N–H and O–H groups in total. The smallest absolute Gasteiger partial charge is 0.332 e. The number of ether oxygens (including phenoxy) is 1. The maximum atomic E-state index is 12.7. The van der Waals surface area contributed by atoms with E-state index in [1.807, 2.05) is 6.19 Å². The zero-order valence-corrected chi connectivity index (χ0v) is 9.26.